The maximum atomic E-state index is 12.7. The fraction of sp³-hybridized carbons (Fsp3) is 0.524. The molecular weight excluding hydrogens is 328 g/mol. The van der Waals surface area contributed by atoms with E-state index in [0.717, 1.165) is 55.0 Å². The molecule has 0 N–H and O–H groups in total. The molecule has 1 aromatic heterocycles. The average Bonchev–Trinajstić information content (AvgIpc) is 2.98. The van der Waals surface area contributed by atoms with Crippen molar-refractivity contribution < 1.29 is 14.1 Å². The number of carbonyl (C=O) groups excluding carboxylic acids is 1. The molecule has 1 saturated heterocycles. The summed E-state index contributed by atoms with van der Waals surface area (Å²) in [4.78, 5) is 14.8. The molecule has 0 unspecified atom stereocenters. The van der Waals surface area contributed by atoms with Gasteiger partial charge in [0, 0.05) is 24.6 Å². The van der Waals surface area contributed by atoms with Gasteiger partial charge < -0.3 is 14.2 Å². The summed E-state index contributed by atoms with van der Waals surface area (Å²) in [5.41, 5.74) is 1.81. The molecule has 1 aliphatic rings. The Kier molecular flexibility index (Phi) is 5.96. The Morgan fingerprint density at radius 1 is 1.27 bits per heavy atom. The molecule has 140 valence electrons. The highest BCUT2D eigenvalue weighted by Crippen LogP contribution is 2.33. The molecule has 0 radical (unpaired) electrons. The standard InChI is InChI=1S/C21H28N2O3/c1-15(2)13-21(24)23-12-6-4-5-7-19(23)18-14-20(26-22-18)16-8-10-17(25-3)11-9-16/h8-11,14-15,19H,4-7,12-13H2,1-3H3/t19-/m0/s1. The van der Waals surface area contributed by atoms with Crippen LogP contribution in [0.25, 0.3) is 11.3 Å². The van der Waals surface area contributed by atoms with Crippen molar-refractivity contribution in [2.45, 2.75) is 52.0 Å². The first-order chi connectivity index (χ1) is 12.6. The summed E-state index contributed by atoms with van der Waals surface area (Å²) in [5, 5.41) is 4.31. The van der Waals surface area contributed by atoms with Gasteiger partial charge in [-0.25, -0.2) is 0 Å². The summed E-state index contributed by atoms with van der Waals surface area (Å²) in [6, 6.07) is 9.71. The van der Waals surface area contributed by atoms with Gasteiger partial charge in [-0.05, 0) is 43.0 Å². The van der Waals surface area contributed by atoms with E-state index < -0.39 is 0 Å². The number of ether oxygens (including phenoxy) is 1. The van der Waals surface area contributed by atoms with E-state index in [9.17, 15) is 4.79 Å². The van der Waals surface area contributed by atoms with Gasteiger partial charge in [0.25, 0.3) is 0 Å². The average molecular weight is 356 g/mol. The number of likely N-dealkylation sites (tertiary alicyclic amines) is 1. The Labute approximate surface area is 155 Å². The third-order valence-electron chi connectivity index (χ3n) is 4.90. The topological polar surface area (TPSA) is 55.6 Å². The van der Waals surface area contributed by atoms with Gasteiger partial charge in [-0.3, -0.25) is 4.79 Å². The van der Waals surface area contributed by atoms with E-state index in [0.29, 0.717) is 12.3 Å². The van der Waals surface area contributed by atoms with Crippen molar-refractivity contribution in [3.8, 4) is 17.1 Å². The molecule has 5 heteroatoms. The van der Waals surface area contributed by atoms with Crippen molar-refractivity contribution in [1.82, 2.24) is 10.1 Å². The molecule has 1 amide bonds. The maximum absolute atomic E-state index is 12.7. The Hall–Kier alpha value is -2.30. The number of nitrogens with zero attached hydrogens (tertiary/aromatic N) is 2. The molecule has 3 rings (SSSR count). The molecule has 1 aliphatic heterocycles. The third-order valence-corrected chi connectivity index (χ3v) is 4.90. The zero-order valence-electron chi connectivity index (χ0n) is 15.9. The van der Waals surface area contributed by atoms with Crippen LogP contribution in [0.1, 0.15) is 57.7 Å². The van der Waals surface area contributed by atoms with Gasteiger partial charge in [0.15, 0.2) is 5.76 Å². The van der Waals surface area contributed by atoms with Crippen LogP contribution < -0.4 is 4.74 Å². The number of amides is 1. The Morgan fingerprint density at radius 3 is 2.73 bits per heavy atom. The molecule has 1 fully saturated rings. The second-order valence-corrected chi connectivity index (χ2v) is 7.39. The van der Waals surface area contributed by atoms with Crippen molar-refractivity contribution in [2.75, 3.05) is 13.7 Å². The zero-order chi connectivity index (χ0) is 18.5. The zero-order valence-corrected chi connectivity index (χ0v) is 15.9. The van der Waals surface area contributed by atoms with Gasteiger partial charge in [-0.15, -0.1) is 0 Å². The number of rotatable bonds is 5. The van der Waals surface area contributed by atoms with Crippen molar-refractivity contribution in [3.05, 3.63) is 36.0 Å². The first-order valence-electron chi connectivity index (χ1n) is 9.49. The lowest BCUT2D eigenvalue weighted by Gasteiger charge is -2.29. The van der Waals surface area contributed by atoms with Crippen molar-refractivity contribution >= 4 is 5.91 Å². The fourth-order valence-electron chi connectivity index (χ4n) is 3.52. The van der Waals surface area contributed by atoms with Crippen molar-refractivity contribution in [1.29, 1.82) is 0 Å². The highest BCUT2D eigenvalue weighted by molar-refractivity contribution is 5.77. The number of aromatic nitrogens is 1. The second kappa shape index (κ2) is 8.39. The lowest BCUT2D eigenvalue weighted by Crippen LogP contribution is -2.35. The molecular formula is C21H28N2O3. The van der Waals surface area contributed by atoms with Crippen LogP contribution in [-0.2, 0) is 4.79 Å². The SMILES string of the molecule is COc1ccc(-c2cc([C@@H]3CCCCCN3C(=O)CC(C)C)no2)cc1. The summed E-state index contributed by atoms with van der Waals surface area (Å²) in [6.45, 7) is 4.98. The summed E-state index contributed by atoms with van der Waals surface area (Å²) in [6.07, 6.45) is 4.85. The van der Waals surface area contributed by atoms with Gasteiger partial charge in [0.1, 0.15) is 11.4 Å². The summed E-state index contributed by atoms with van der Waals surface area (Å²) in [7, 11) is 1.65. The Morgan fingerprint density at radius 2 is 2.04 bits per heavy atom. The van der Waals surface area contributed by atoms with Crippen LogP contribution in [0.2, 0.25) is 0 Å². The predicted molar refractivity (Wildman–Crippen MR) is 101 cm³/mol. The largest absolute Gasteiger partial charge is 0.497 e. The predicted octanol–water partition coefficient (Wildman–Crippen LogP) is 4.84. The van der Waals surface area contributed by atoms with Crippen LogP contribution >= 0.6 is 0 Å². The van der Waals surface area contributed by atoms with Crippen LogP contribution in [0.15, 0.2) is 34.9 Å². The van der Waals surface area contributed by atoms with Crippen molar-refractivity contribution in [2.24, 2.45) is 5.92 Å². The fourth-order valence-corrected chi connectivity index (χ4v) is 3.52. The highest BCUT2D eigenvalue weighted by Gasteiger charge is 2.29. The first kappa shape index (κ1) is 18.5. The molecule has 0 saturated carbocycles. The van der Waals surface area contributed by atoms with E-state index >= 15 is 0 Å². The van der Waals surface area contributed by atoms with E-state index in [2.05, 4.69) is 19.0 Å². The van der Waals surface area contributed by atoms with E-state index in [-0.39, 0.29) is 11.9 Å². The quantitative estimate of drug-likeness (QED) is 0.769. The lowest BCUT2D eigenvalue weighted by atomic mass is 10.0. The second-order valence-electron chi connectivity index (χ2n) is 7.39. The monoisotopic (exact) mass is 356 g/mol. The minimum Gasteiger partial charge on any atom is -0.497 e. The Bertz CT molecular complexity index is 721. The maximum Gasteiger partial charge on any atom is 0.223 e. The Balaban J connectivity index is 1.82. The number of methoxy groups -OCH3 is 1. The number of benzene rings is 1. The van der Waals surface area contributed by atoms with Crippen LogP contribution in [0, 0.1) is 5.92 Å². The minimum absolute atomic E-state index is 0.0134. The highest BCUT2D eigenvalue weighted by atomic mass is 16.5. The van der Waals surface area contributed by atoms with E-state index in [1.807, 2.05) is 35.2 Å². The van der Waals surface area contributed by atoms with Crippen LogP contribution in [-0.4, -0.2) is 29.6 Å². The van der Waals surface area contributed by atoms with Crippen LogP contribution in [0.5, 0.6) is 5.75 Å². The molecule has 2 aromatic rings. The molecule has 26 heavy (non-hydrogen) atoms. The van der Waals surface area contributed by atoms with Crippen LogP contribution in [0.4, 0.5) is 0 Å². The molecule has 0 bridgehead atoms. The summed E-state index contributed by atoms with van der Waals surface area (Å²) in [5.74, 6) is 2.12. The molecule has 2 heterocycles. The summed E-state index contributed by atoms with van der Waals surface area (Å²) >= 11 is 0. The van der Waals surface area contributed by atoms with Gasteiger partial charge in [-0.2, -0.15) is 0 Å². The number of carbonyl (C=O) groups is 1. The molecule has 1 aromatic carbocycles. The van der Waals surface area contributed by atoms with E-state index in [1.165, 1.54) is 0 Å². The molecule has 0 aliphatic carbocycles. The van der Waals surface area contributed by atoms with Gasteiger partial charge >= 0.3 is 0 Å². The van der Waals surface area contributed by atoms with Gasteiger partial charge in [-0.1, -0.05) is 31.8 Å². The molecule has 1 atom stereocenters. The first-order valence-corrected chi connectivity index (χ1v) is 9.49. The normalized spacial score (nSPS) is 18.0. The molecule has 0 spiro atoms. The van der Waals surface area contributed by atoms with Gasteiger partial charge in [0.05, 0.1) is 13.2 Å². The van der Waals surface area contributed by atoms with Gasteiger partial charge in [0.2, 0.25) is 5.91 Å². The number of hydrogen-bond donors (Lipinski definition) is 0. The lowest BCUT2D eigenvalue weighted by molar-refractivity contribution is -0.134. The smallest absolute Gasteiger partial charge is 0.223 e. The van der Waals surface area contributed by atoms with E-state index in [4.69, 9.17) is 9.26 Å². The molecule has 5 nitrogen and oxygen atoms in total. The van der Waals surface area contributed by atoms with Crippen molar-refractivity contribution in [3.63, 3.8) is 0 Å². The minimum atomic E-state index is 0.0134. The van der Waals surface area contributed by atoms with E-state index in [1.54, 1.807) is 7.11 Å². The van der Waals surface area contributed by atoms with Crippen LogP contribution in [0.3, 0.4) is 0 Å². The number of hydrogen-bond acceptors (Lipinski definition) is 4. The third kappa shape index (κ3) is 4.26. The summed E-state index contributed by atoms with van der Waals surface area (Å²) < 4.78 is 10.8.